The predicted octanol–water partition coefficient (Wildman–Crippen LogP) is 2.07. The number of anilines is 1. The summed E-state index contributed by atoms with van der Waals surface area (Å²) in [5, 5.41) is 2.91. The average Bonchev–Trinajstić information content (AvgIpc) is 2.52. The summed E-state index contributed by atoms with van der Waals surface area (Å²) in [5.41, 5.74) is 6.87. The fraction of sp³-hybridized carbons (Fsp3) is 0.500. The van der Waals surface area contributed by atoms with Gasteiger partial charge in [0, 0.05) is 25.3 Å². The predicted molar refractivity (Wildman–Crippen MR) is 90.0 cm³/mol. The van der Waals surface area contributed by atoms with Crippen molar-refractivity contribution in [3.63, 3.8) is 0 Å². The summed E-state index contributed by atoms with van der Waals surface area (Å²) in [6.07, 6.45) is 2.61. The SMILES string of the molecule is CCCNC(=O)C1CCCN(C(=O)c2ccccc2N)C1.Cl. The lowest BCUT2D eigenvalue weighted by Crippen LogP contribution is -2.45. The number of carbonyl (C=O) groups is 2. The van der Waals surface area contributed by atoms with E-state index in [1.54, 1.807) is 23.1 Å². The molecular formula is C16H24ClN3O2. The van der Waals surface area contributed by atoms with Gasteiger partial charge in [0.2, 0.25) is 5.91 Å². The van der Waals surface area contributed by atoms with Gasteiger partial charge in [0.25, 0.3) is 5.91 Å². The number of nitrogen functional groups attached to an aromatic ring is 1. The lowest BCUT2D eigenvalue weighted by Gasteiger charge is -2.32. The highest BCUT2D eigenvalue weighted by molar-refractivity contribution is 5.99. The van der Waals surface area contributed by atoms with Gasteiger partial charge in [-0.3, -0.25) is 9.59 Å². The smallest absolute Gasteiger partial charge is 0.255 e. The van der Waals surface area contributed by atoms with Crippen LogP contribution in [0.5, 0.6) is 0 Å². The molecule has 6 heteroatoms. The Balaban J connectivity index is 0.00000242. The Morgan fingerprint density at radius 2 is 2.09 bits per heavy atom. The molecule has 1 aliphatic heterocycles. The Bertz CT molecular complexity index is 522. The van der Waals surface area contributed by atoms with Gasteiger partial charge in [-0.2, -0.15) is 0 Å². The van der Waals surface area contributed by atoms with Crippen LogP contribution in [0.15, 0.2) is 24.3 Å². The molecule has 1 aromatic rings. The molecule has 1 aromatic carbocycles. The van der Waals surface area contributed by atoms with Crippen LogP contribution in [0.4, 0.5) is 5.69 Å². The van der Waals surface area contributed by atoms with Crippen molar-refractivity contribution in [2.75, 3.05) is 25.4 Å². The van der Waals surface area contributed by atoms with Gasteiger partial charge in [-0.15, -0.1) is 12.4 Å². The number of carbonyl (C=O) groups excluding carboxylic acids is 2. The molecular weight excluding hydrogens is 302 g/mol. The summed E-state index contributed by atoms with van der Waals surface area (Å²) >= 11 is 0. The zero-order valence-corrected chi connectivity index (χ0v) is 13.7. The number of hydrogen-bond donors (Lipinski definition) is 2. The molecule has 0 aliphatic carbocycles. The van der Waals surface area contributed by atoms with Gasteiger partial charge in [0.1, 0.15) is 0 Å². The minimum absolute atomic E-state index is 0. The Kier molecular flexibility index (Phi) is 7.18. The van der Waals surface area contributed by atoms with E-state index in [4.69, 9.17) is 5.73 Å². The number of halogens is 1. The third kappa shape index (κ3) is 4.37. The van der Waals surface area contributed by atoms with E-state index in [0.29, 0.717) is 30.9 Å². The highest BCUT2D eigenvalue weighted by atomic mass is 35.5. The molecule has 22 heavy (non-hydrogen) atoms. The Labute approximate surface area is 137 Å². The van der Waals surface area contributed by atoms with Crippen LogP contribution in [0.2, 0.25) is 0 Å². The second-order valence-electron chi connectivity index (χ2n) is 5.47. The van der Waals surface area contributed by atoms with E-state index < -0.39 is 0 Å². The van der Waals surface area contributed by atoms with E-state index in [9.17, 15) is 9.59 Å². The first-order valence-corrected chi connectivity index (χ1v) is 7.55. The monoisotopic (exact) mass is 325 g/mol. The first-order chi connectivity index (χ1) is 10.1. The van der Waals surface area contributed by atoms with E-state index in [2.05, 4.69) is 5.32 Å². The number of likely N-dealkylation sites (tertiary alicyclic amines) is 1. The minimum Gasteiger partial charge on any atom is -0.398 e. The van der Waals surface area contributed by atoms with Crippen molar-refractivity contribution in [1.82, 2.24) is 10.2 Å². The molecule has 1 saturated heterocycles. The quantitative estimate of drug-likeness (QED) is 0.832. The van der Waals surface area contributed by atoms with Crippen molar-refractivity contribution in [3.8, 4) is 0 Å². The molecule has 3 N–H and O–H groups in total. The van der Waals surface area contributed by atoms with Crippen LogP contribution in [-0.2, 0) is 4.79 Å². The normalized spacial score (nSPS) is 17.5. The van der Waals surface area contributed by atoms with Crippen LogP contribution in [0, 0.1) is 5.92 Å². The zero-order valence-electron chi connectivity index (χ0n) is 12.9. The van der Waals surface area contributed by atoms with Crippen molar-refractivity contribution in [1.29, 1.82) is 0 Å². The second-order valence-corrected chi connectivity index (χ2v) is 5.47. The van der Waals surface area contributed by atoms with Crippen LogP contribution in [0.1, 0.15) is 36.5 Å². The topological polar surface area (TPSA) is 75.4 Å². The number of nitrogens with zero attached hydrogens (tertiary/aromatic N) is 1. The summed E-state index contributed by atoms with van der Waals surface area (Å²) in [6, 6.07) is 7.07. The molecule has 0 radical (unpaired) electrons. The maximum Gasteiger partial charge on any atom is 0.255 e. The number of nitrogens with one attached hydrogen (secondary N) is 1. The third-order valence-corrected chi connectivity index (χ3v) is 3.82. The number of para-hydroxylation sites is 1. The van der Waals surface area contributed by atoms with Crippen molar-refractivity contribution in [2.24, 2.45) is 5.92 Å². The van der Waals surface area contributed by atoms with E-state index in [1.165, 1.54) is 0 Å². The molecule has 1 fully saturated rings. The Morgan fingerprint density at radius 3 is 2.77 bits per heavy atom. The molecule has 2 rings (SSSR count). The van der Waals surface area contributed by atoms with Gasteiger partial charge in [-0.25, -0.2) is 0 Å². The summed E-state index contributed by atoms with van der Waals surface area (Å²) in [4.78, 5) is 26.3. The first-order valence-electron chi connectivity index (χ1n) is 7.55. The number of benzene rings is 1. The van der Waals surface area contributed by atoms with Gasteiger partial charge in [-0.05, 0) is 31.4 Å². The lowest BCUT2D eigenvalue weighted by molar-refractivity contribution is -0.126. The molecule has 1 aliphatic rings. The largest absolute Gasteiger partial charge is 0.398 e. The van der Waals surface area contributed by atoms with Gasteiger partial charge < -0.3 is 16.0 Å². The number of piperidine rings is 1. The molecule has 1 heterocycles. The van der Waals surface area contributed by atoms with Crippen LogP contribution in [0.25, 0.3) is 0 Å². The summed E-state index contributed by atoms with van der Waals surface area (Å²) < 4.78 is 0. The molecule has 0 saturated carbocycles. The van der Waals surface area contributed by atoms with Crippen molar-refractivity contribution in [3.05, 3.63) is 29.8 Å². The van der Waals surface area contributed by atoms with Gasteiger partial charge in [0.05, 0.1) is 11.5 Å². The lowest BCUT2D eigenvalue weighted by atomic mass is 9.96. The van der Waals surface area contributed by atoms with E-state index in [0.717, 1.165) is 19.3 Å². The standard InChI is InChI=1S/C16H23N3O2.ClH/c1-2-9-18-15(20)12-6-5-10-19(11-12)16(21)13-7-3-4-8-14(13)17;/h3-4,7-8,12H,2,5-6,9-11,17H2,1H3,(H,18,20);1H. The molecule has 1 unspecified atom stereocenters. The molecule has 0 spiro atoms. The van der Waals surface area contributed by atoms with E-state index >= 15 is 0 Å². The van der Waals surface area contributed by atoms with Crippen LogP contribution >= 0.6 is 12.4 Å². The van der Waals surface area contributed by atoms with Gasteiger partial charge >= 0.3 is 0 Å². The van der Waals surface area contributed by atoms with Crippen LogP contribution in [-0.4, -0.2) is 36.3 Å². The molecule has 2 amide bonds. The highest BCUT2D eigenvalue weighted by Gasteiger charge is 2.29. The minimum atomic E-state index is -0.112. The average molecular weight is 326 g/mol. The maximum atomic E-state index is 12.5. The highest BCUT2D eigenvalue weighted by Crippen LogP contribution is 2.21. The van der Waals surface area contributed by atoms with Crippen LogP contribution in [0.3, 0.4) is 0 Å². The van der Waals surface area contributed by atoms with E-state index in [-0.39, 0.29) is 30.1 Å². The summed E-state index contributed by atoms with van der Waals surface area (Å²) in [6.45, 7) is 3.87. The molecule has 122 valence electrons. The number of nitrogens with two attached hydrogens (primary N) is 1. The third-order valence-electron chi connectivity index (χ3n) is 3.82. The van der Waals surface area contributed by atoms with Gasteiger partial charge in [-0.1, -0.05) is 19.1 Å². The first kappa shape index (κ1) is 18.3. The fourth-order valence-electron chi connectivity index (χ4n) is 2.63. The number of amides is 2. The van der Waals surface area contributed by atoms with Crippen LogP contribution < -0.4 is 11.1 Å². The van der Waals surface area contributed by atoms with Crippen molar-refractivity contribution >= 4 is 29.9 Å². The molecule has 0 aromatic heterocycles. The van der Waals surface area contributed by atoms with Gasteiger partial charge in [0.15, 0.2) is 0 Å². The number of rotatable bonds is 4. The molecule has 0 bridgehead atoms. The van der Waals surface area contributed by atoms with E-state index in [1.807, 2.05) is 13.0 Å². The van der Waals surface area contributed by atoms with Crippen molar-refractivity contribution < 1.29 is 9.59 Å². The van der Waals surface area contributed by atoms with Crippen molar-refractivity contribution in [2.45, 2.75) is 26.2 Å². The number of hydrogen-bond acceptors (Lipinski definition) is 3. The fourth-order valence-corrected chi connectivity index (χ4v) is 2.63. The Hall–Kier alpha value is -1.75. The molecule has 5 nitrogen and oxygen atoms in total. The Morgan fingerprint density at radius 1 is 1.36 bits per heavy atom. The summed E-state index contributed by atoms with van der Waals surface area (Å²) in [7, 11) is 0. The second kappa shape index (κ2) is 8.63. The molecule has 1 atom stereocenters. The maximum absolute atomic E-state index is 12.5. The zero-order chi connectivity index (χ0) is 15.2. The summed E-state index contributed by atoms with van der Waals surface area (Å²) in [5.74, 6) is -0.143.